The van der Waals surface area contributed by atoms with Gasteiger partial charge in [0.05, 0.1) is 19.9 Å². The van der Waals surface area contributed by atoms with E-state index >= 15 is 0 Å². The first-order valence-electron chi connectivity index (χ1n) is 5.43. The zero-order valence-electron chi connectivity index (χ0n) is 10.2. The zero-order chi connectivity index (χ0) is 13.1. The first-order chi connectivity index (χ1) is 8.65. The van der Waals surface area contributed by atoms with Gasteiger partial charge in [0.1, 0.15) is 17.3 Å². The number of nitrogen functional groups attached to an aromatic ring is 1. The smallest absolute Gasteiger partial charge is 0.146 e. The number of methoxy groups -OCH3 is 2. The van der Waals surface area contributed by atoms with Gasteiger partial charge in [-0.1, -0.05) is 6.07 Å². The van der Waals surface area contributed by atoms with Crippen LogP contribution in [0.1, 0.15) is 0 Å². The van der Waals surface area contributed by atoms with E-state index in [1.165, 1.54) is 12.1 Å². The molecule has 0 fully saturated rings. The van der Waals surface area contributed by atoms with Crippen LogP contribution in [-0.2, 0) is 0 Å². The van der Waals surface area contributed by atoms with Crippen LogP contribution >= 0.6 is 0 Å². The Morgan fingerprint density at radius 1 is 1.00 bits per heavy atom. The number of hydrogen-bond donors (Lipinski definition) is 1. The van der Waals surface area contributed by atoms with Gasteiger partial charge < -0.3 is 15.2 Å². The Kier molecular flexibility index (Phi) is 3.37. The summed E-state index contributed by atoms with van der Waals surface area (Å²) in [4.78, 5) is 0. The summed E-state index contributed by atoms with van der Waals surface area (Å²) in [6, 6.07) is 10.0. The number of rotatable bonds is 3. The summed E-state index contributed by atoms with van der Waals surface area (Å²) in [7, 11) is 3.15. The molecule has 0 aliphatic rings. The molecule has 0 aromatic heterocycles. The van der Waals surface area contributed by atoms with E-state index in [4.69, 9.17) is 15.2 Å². The highest BCUT2D eigenvalue weighted by molar-refractivity contribution is 5.73. The Labute approximate surface area is 105 Å². The largest absolute Gasteiger partial charge is 0.497 e. The molecule has 0 spiro atoms. The molecule has 2 aromatic rings. The summed E-state index contributed by atoms with van der Waals surface area (Å²) in [5.41, 5.74) is 7.04. The molecule has 0 bridgehead atoms. The fourth-order valence-corrected chi connectivity index (χ4v) is 1.73. The third-order valence-electron chi connectivity index (χ3n) is 2.72. The second-order valence-electron chi connectivity index (χ2n) is 3.80. The molecule has 0 radical (unpaired) electrons. The molecule has 0 unspecified atom stereocenters. The molecular formula is C14H14FNO2. The second kappa shape index (κ2) is 4.96. The average Bonchev–Trinajstić information content (AvgIpc) is 2.41. The minimum absolute atomic E-state index is 0.126. The number of nitrogens with two attached hydrogens (primary N) is 1. The van der Waals surface area contributed by atoms with Crippen LogP contribution in [0.15, 0.2) is 36.4 Å². The molecule has 0 saturated carbocycles. The Balaban J connectivity index is 2.57. The van der Waals surface area contributed by atoms with Crippen molar-refractivity contribution < 1.29 is 13.9 Å². The fourth-order valence-electron chi connectivity index (χ4n) is 1.73. The molecule has 3 nitrogen and oxygen atoms in total. The third kappa shape index (κ3) is 2.22. The van der Waals surface area contributed by atoms with Crippen LogP contribution in [0.4, 0.5) is 10.1 Å². The van der Waals surface area contributed by atoms with E-state index in [1.54, 1.807) is 38.5 Å². The van der Waals surface area contributed by atoms with E-state index in [2.05, 4.69) is 0 Å². The predicted octanol–water partition coefficient (Wildman–Crippen LogP) is 3.09. The van der Waals surface area contributed by atoms with Crippen molar-refractivity contribution in [2.75, 3.05) is 20.0 Å². The van der Waals surface area contributed by atoms with Gasteiger partial charge in [-0.3, -0.25) is 0 Å². The molecule has 0 atom stereocenters. The summed E-state index contributed by atoms with van der Waals surface area (Å²) in [6.07, 6.45) is 0. The monoisotopic (exact) mass is 247 g/mol. The van der Waals surface area contributed by atoms with Crippen LogP contribution in [0.25, 0.3) is 11.1 Å². The first kappa shape index (κ1) is 12.2. The van der Waals surface area contributed by atoms with Crippen LogP contribution in [0.3, 0.4) is 0 Å². The molecule has 94 valence electrons. The lowest BCUT2D eigenvalue weighted by Crippen LogP contribution is -1.93. The SMILES string of the molecule is COc1ccc(OC)c(-c2ccc(N)c(F)c2)c1. The fraction of sp³-hybridized carbons (Fsp3) is 0.143. The highest BCUT2D eigenvalue weighted by Crippen LogP contribution is 2.34. The quantitative estimate of drug-likeness (QED) is 0.848. The molecule has 18 heavy (non-hydrogen) atoms. The van der Waals surface area contributed by atoms with E-state index in [0.717, 1.165) is 5.56 Å². The lowest BCUT2D eigenvalue weighted by molar-refractivity contribution is 0.404. The van der Waals surface area contributed by atoms with Crippen LogP contribution in [0.2, 0.25) is 0 Å². The molecule has 2 N–H and O–H groups in total. The van der Waals surface area contributed by atoms with Crippen molar-refractivity contribution in [3.63, 3.8) is 0 Å². The average molecular weight is 247 g/mol. The number of benzene rings is 2. The molecule has 0 saturated heterocycles. The van der Waals surface area contributed by atoms with Crippen molar-refractivity contribution in [3.8, 4) is 22.6 Å². The van der Waals surface area contributed by atoms with E-state index in [1.807, 2.05) is 0 Å². The second-order valence-corrected chi connectivity index (χ2v) is 3.80. The van der Waals surface area contributed by atoms with Gasteiger partial charge in [-0.2, -0.15) is 0 Å². The highest BCUT2D eigenvalue weighted by Gasteiger charge is 2.09. The summed E-state index contributed by atoms with van der Waals surface area (Å²) < 4.78 is 23.9. The molecule has 2 aromatic carbocycles. The third-order valence-corrected chi connectivity index (χ3v) is 2.72. The van der Waals surface area contributed by atoms with Gasteiger partial charge in [0.25, 0.3) is 0 Å². The Morgan fingerprint density at radius 3 is 2.39 bits per heavy atom. The molecule has 0 amide bonds. The van der Waals surface area contributed by atoms with Gasteiger partial charge in [0.2, 0.25) is 0 Å². The van der Waals surface area contributed by atoms with E-state index in [-0.39, 0.29) is 5.69 Å². The molecular weight excluding hydrogens is 233 g/mol. The highest BCUT2D eigenvalue weighted by atomic mass is 19.1. The molecule has 4 heteroatoms. The molecule has 0 aliphatic carbocycles. The van der Waals surface area contributed by atoms with Gasteiger partial charge in [0.15, 0.2) is 0 Å². The number of hydrogen-bond acceptors (Lipinski definition) is 3. The lowest BCUT2D eigenvalue weighted by atomic mass is 10.0. The van der Waals surface area contributed by atoms with Crippen molar-refractivity contribution >= 4 is 5.69 Å². The van der Waals surface area contributed by atoms with Gasteiger partial charge in [0, 0.05) is 5.56 Å². The van der Waals surface area contributed by atoms with Crippen LogP contribution in [-0.4, -0.2) is 14.2 Å². The Hall–Kier alpha value is -2.23. The topological polar surface area (TPSA) is 44.5 Å². The van der Waals surface area contributed by atoms with Crippen molar-refractivity contribution in [2.45, 2.75) is 0 Å². The minimum atomic E-state index is -0.447. The van der Waals surface area contributed by atoms with E-state index in [0.29, 0.717) is 17.1 Å². The van der Waals surface area contributed by atoms with Gasteiger partial charge in [-0.05, 0) is 35.9 Å². The van der Waals surface area contributed by atoms with Gasteiger partial charge in [-0.25, -0.2) is 4.39 Å². The van der Waals surface area contributed by atoms with Crippen molar-refractivity contribution in [1.82, 2.24) is 0 Å². The van der Waals surface area contributed by atoms with E-state index in [9.17, 15) is 4.39 Å². The summed E-state index contributed by atoms with van der Waals surface area (Å²) >= 11 is 0. The Bertz CT molecular complexity index is 570. The van der Waals surface area contributed by atoms with Crippen molar-refractivity contribution in [2.24, 2.45) is 0 Å². The number of halogens is 1. The lowest BCUT2D eigenvalue weighted by Gasteiger charge is -2.11. The molecule has 2 rings (SSSR count). The van der Waals surface area contributed by atoms with Crippen molar-refractivity contribution in [3.05, 3.63) is 42.2 Å². The predicted molar refractivity (Wildman–Crippen MR) is 69.4 cm³/mol. The van der Waals surface area contributed by atoms with Crippen LogP contribution in [0.5, 0.6) is 11.5 Å². The first-order valence-corrected chi connectivity index (χ1v) is 5.43. The maximum atomic E-state index is 13.5. The number of anilines is 1. The van der Waals surface area contributed by atoms with Crippen LogP contribution in [0, 0.1) is 5.82 Å². The van der Waals surface area contributed by atoms with Crippen molar-refractivity contribution in [1.29, 1.82) is 0 Å². The molecule has 0 heterocycles. The zero-order valence-corrected chi connectivity index (χ0v) is 10.2. The standard InChI is InChI=1S/C14H14FNO2/c1-17-10-4-6-14(18-2)11(8-10)9-3-5-13(16)12(15)7-9/h3-8H,16H2,1-2H3. The van der Waals surface area contributed by atoms with Crippen LogP contribution < -0.4 is 15.2 Å². The maximum absolute atomic E-state index is 13.5. The van der Waals surface area contributed by atoms with Gasteiger partial charge >= 0.3 is 0 Å². The Morgan fingerprint density at radius 2 is 1.78 bits per heavy atom. The van der Waals surface area contributed by atoms with Gasteiger partial charge in [-0.15, -0.1) is 0 Å². The summed E-state index contributed by atoms with van der Waals surface area (Å²) in [5.74, 6) is 0.889. The summed E-state index contributed by atoms with van der Waals surface area (Å²) in [6.45, 7) is 0. The number of ether oxygens (including phenoxy) is 2. The van der Waals surface area contributed by atoms with E-state index < -0.39 is 5.82 Å². The summed E-state index contributed by atoms with van der Waals surface area (Å²) in [5, 5.41) is 0. The minimum Gasteiger partial charge on any atom is -0.497 e. The molecule has 0 aliphatic heterocycles. The maximum Gasteiger partial charge on any atom is 0.146 e. The normalized spacial score (nSPS) is 10.2.